The van der Waals surface area contributed by atoms with Crippen LogP contribution in [0.4, 0.5) is 0 Å². The number of aliphatic hydroxyl groups is 1. The first-order valence-corrected chi connectivity index (χ1v) is 21.4. The first-order chi connectivity index (χ1) is 28.7. The van der Waals surface area contributed by atoms with Gasteiger partial charge in [-0.25, -0.2) is 0 Å². The molecule has 0 saturated heterocycles. The van der Waals surface area contributed by atoms with Gasteiger partial charge in [-0.3, -0.25) is 9.98 Å². The third-order valence-corrected chi connectivity index (χ3v) is 15.7. The maximum atomic E-state index is 12.2. The molecule has 0 radical (unpaired) electrons. The van der Waals surface area contributed by atoms with E-state index in [9.17, 15) is 30.6 Å². The summed E-state index contributed by atoms with van der Waals surface area (Å²) in [6.07, 6.45) is 23.9. The number of allylic oxidation sites excluding steroid dienone is 3. The molecule has 0 amide bonds. The molecular weight excluding hydrogens is 739 g/mol. The largest absolute Gasteiger partial charge is 0.507 e. The summed E-state index contributed by atoms with van der Waals surface area (Å²) in [5, 5.41) is 69.9. The van der Waals surface area contributed by atoms with Crippen molar-refractivity contribution in [1.82, 2.24) is 5.32 Å². The number of benzene rings is 4. The van der Waals surface area contributed by atoms with E-state index < -0.39 is 6.10 Å². The van der Waals surface area contributed by atoms with E-state index in [-0.39, 0.29) is 56.3 Å². The van der Waals surface area contributed by atoms with E-state index in [1.807, 2.05) is 0 Å². The molecule has 4 aromatic rings. The van der Waals surface area contributed by atoms with Crippen molar-refractivity contribution in [3.8, 4) is 28.7 Å². The Balaban J connectivity index is 0.917. The Morgan fingerprint density at radius 1 is 0.746 bits per heavy atom. The number of hydrogen-bond acceptors (Lipinski definition) is 9. The number of phenols is 5. The Kier molecular flexibility index (Phi) is 9.25. The lowest BCUT2D eigenvalue weighted by Crippen LogP contribution is -2.71. The van der Waals surface area contributed by atoms with Gasteiger partial charge in [-0.15, -0.1) is 0 Å². The Morgan fingerprint density at radius 3 is 2.24 bits per heavy atom. The van der Waals surface area contributed by atoms with Crippen molar-refractivity contribution in [1.29, 1.82) is 0 Å². The average molecular weight is 792 g/mol. The molecular formula is C50H53N3O6. The van der Waals surface area contributed by atoms with Crippen molar-refractivity contribution in [3.05, 3.63) is 113 Å². The highest BCUT2D eigenvalue weighted by atomic mass is 16.3. The zero-order chi connectivity index (χ0) is 40.5. The molecule has 3 fully saturated rings. The molecule has 4 aromatic carbocycles. The van der Waals surface area contributed by atoms with Crippen LogP contribution in [-0.2, 0) is 19.4 Å². The second kappa shape index (κ2) is 14.4. The van der Waals surface area contributed by atoms with Gasteiger partial charge in [-0.05, 0) is 119 Å². The number of aryl methyl sites for hydroxylation is 1. The van der Waals surface area contributed by atoms with E-state index in [1.54, 1.807) is 30.4 Å². The van der Waals surface area contributed by atoms with Gasteiger partial charge in [0.1, 0.15) is 12.4 Å². The Bertz CT molecular complexity index is 2460. The van der Waals surface area contributed by atoms with Crippen molar-refractivity contribution in [2.75, 3.05) is 13.2 Å². The highest BCUT2D eigenvalue weighted by molar-refractivity contribution is 6.34. The van der Waals surface area contributed by atoms with Crippen molar-refractivity contribution in [2.24, 2.45) is 49.9 Å². The van der Waals surface area contributed by atoms with Gasteiger partial charge in [-0.1, -0.05) is 91.8 Å². The molecule has 9 heteroatoms. The maximum Gasteiger partial charge on any atom is 0.169 e. The van der Waals surface area contributed by atoms with Crippen LogP contribution in [0.1, 0.15) is 72.8 Å². The quantitative estimate of drug-likeness (QED) is 0.0482. The predicted octanol–water partition coefficient (Wildman–Crippen LogP) is 8.59. The van der Waals surface area contributed by atoms with Crippen LogP contribution < -0.4 is 5.32 Å². The van der Waals surface area contributed by atoms with Gasteiger partial charge < -0.3 is 36.0 Å². The molecule has 1 heterocycles. The lowest BCUT2D eigenvalue weighted by Gasteiger charge is -2.70. The monoisotopic (exact) mass is 791 g/mol. The number of nitrogens with zero attached hydrogens (tertiary/aromatic N) is 2. The summed E-state index contributed by atoms with van der Waals surface area (Å²) in [7, 11) is 0. The van der Waals surface area contributed by atoms with Crippen molar-refractivity contribution in [2.45, 2.75) is 70.4 Å². The molecule has 304 valence electrons. The van der Waals surface area contributed by atoms with Crippen LogP contribution in [0.5, 0.6) is 28.7 Å². The van der Waals surface area contributed by atoms with E-state index in [0.29, 0.717) is 65.9 Å². The van der Waals surface area contributed by atoms with E-state index in [0.717, 1.165) is 36.2 Å². The fourth-order valence-electron chi connectivity index (χ4n) is 13.3. The van der Waals surface area contributed by atoms with Gasteiger partial charge in [0, 0.05) is 36.2 Å². The molecule has 0 unspecified atom stereocenters. The minimum Gasteiger partial charge on any atom is -0.507 e. The maximum absolute atomic E-state index is 12.2. The summed E-state index contributed by atoms with van der Waals surface area (Å²) in [6.45, 7) is 1.88. The minimum absolute atomic E-state index is 0.0110. The Labute approximate surface area is 344 Å². The highest BCUT2D eigenvalue weighted by Gasteiger charge is 2.75. The van der Waals surface area contributed by atoms with E-state index in [2.05, 4.69) is 60.1 Å². The van der Waals surface area contributed by atoms with E-state index in [4.69, 9.17) is 9.98 Å². The third-order valence-electron chi connectivity index (χ3n) is 15.7. The molecule has 5 aliphatic carbocycles. The summed E-state index contributed by atoms with van der Waals surface area (Å²) in [6, 6.07) is 18.0. The van der Waals surface area contributed by atoms with Gasteiger partial charge in [0.15, 0.2) is 23.0 Å². The Morgan fingerprint density at radius 2 is 1.49 bits per heavy atom. The molecule has 2 spiro atoms. The topological polar surface area (TPSA) is 158 Å². The first kappa shape index (κ1) is 37.9. The molecule has 59 heavy (non-hydrogen) atoms. The molecule has 7 N–H and O–H groups in total. The number of aromatic hydroxyl groups is 5. The molecule has 6 aliphatic rings. The summed E-state index contributed by atoms with van der Waals surface area (Å²) in [5.74, 6) is 0.230. The van der Waals surface area contributed by atoms with Crippen LogP contribution in [0.25, 0.3) is 22.9 Å². The second-order valence-electron chi connectivity index (χ2n) is 18.1. The average Bonchev–Trinajstić information content (AvgIpc) is 4.03. The van der Waals surface area contributed by atoms with E-state index in [1.165, 1.54) is 50.3 Å². The number of nitrogens with one attached hydrogen (secondary N) is 1. The predicted molar refractivity (Wildman–Crippen MR) is 232 cm³/mol. The zero-order valence-electron chi connectivity index (χ0n) is 33.3. The summed E-state index contributed by atoms with van der Waals surface area (Å²) in [4.78, 5) is 9.84. The van der Waals surface area contributed by atoms with Crippen LogP contribution in [0.3, 0.4) is 0 Å². The summed E-state index contributed by atoms with van der Waals surface area (Å²) in [5.41, 5.74) is 4.83. The highest BCUT2D eigenvalue weighted by Crippen LogP contribution is 2.77. The standard InChI is InChI=1S/C50H53N3O6/c54-39-20-12-31(24-42(39)57)11-18-36-37-4-3-5-40(55)44(37)46(59)45(58)38(36)19-10-30-6-8-32(9-7-30)26-51-28-50(43-27-52-29-53-43)47-41(56)21-17-34-14-13-33-15-16-35(25-49(33,34)47)48(50)22-1-2-23-48/h3-9,11-12,15-18,20-21,24,27,33-35,41,47,51,54-59H,1-2,10,13-14,19,22-23,25-26,28-29H2/b18-11+/t33-,34+,35-,41+,47-,49-,50-/m1/s1. The minimum atomic E-state index is -0.526. The first-order valence-electron chi connectivity index (χ1n) is 21.4. The van der Waals surface area contributed by atoms with Crippen LogP contribution in [0.2, 0.25) is 0 Å². The smallest absolute Gasteiger partial charge is 0.169 e. The van der Waals surface area contributed by atoms with Gasteiger partial charge >= 0.3 is 0 Å². The second-order valence-corrected chi connectivity index (χ2v) is 18.1. The van der Waals surface area contributed by atoms with Gasteiger partial charge in [0.2, 0.25) is 0 Å². The summed E-state index contributed by atoms with van der Waals surface area (Å²) < 4.78 is 0. The molecule has 3 saturated carbocycles. The lowest BCUT2D eigenvalue weighted by atomic mass is 9.34. The number of aliphatic hydroxyl groups excluding tert-OH is 1. The molecule has 9 nitrogen and oxygen atoms in total. The normalized spacial score (nSPS) is 29.8. The van der Waals surface area contributed by atoms with Crippen molar-refractivity contribution >= 4 is 34.9 Å². The molecule has 10 rings (SSSR count). The van der Waals surface area contributed by atoms with Gasteiger partial charge in [-0.2, -0.15) is 0 Å². The fourth-order valence-corrected chi connectivity index (χ4v) is 13.3. The van der Waals surface area contributed by atoms with Crippen LogP contribution >= 0.6 is 0 Å². The summed E-state index contributed by atoms with van der Waals surface area (Å²) >= 11 is 0. The number of hydrogen-bond donors (Lipinski definition) is 7. The van der Waals surface area contributed by atoms with Crippen LogP contribution in [0.15, 0.2) is 95.0 Å². The SMILES string of the molecule is Oc1ccc(/C=C/c2c(CCc3ccc(CNC[C@@]4(C5=NCN=C5)[C@@H]5[C@@H](O)C=C[C@@H]6CC[C@@H]7C=C[C@H](C[C@@]657)C45CCCC5)cc3)c(O)c(O)c3c(O)cccc23)cc1O. The number of aliphatic imine (C=N–C) groups is 2. The Hall–Kier alpha value is -5.38. The van der Waals surface area contributed by atoms with Crippen LogP contribution in [-0.4, -0.2) is 61.9 Å². The zero-order valence-corrected chi connectivity index (χ0v) is 33.3. The lowest BCUT2D eigenvalue weighted by molar-refractivity contribution is -0.178. The molecule has 0 aromatic heterocycles. The van der Waals surface area contributed by atoms with Gasteiger partial charge in [0.05, 0.1) is 17.2 Å². The van der Waals surface area contributed by atoms with E-state index >= 15 is 0 Å². The third kappa shape index (κ3) is 5.71. The number of rotatable bonds is 10. The molecule has 7 atom stereocenters. The van der Waals surface area contributed by atoms with Crippen molar-refractivity contribution < 1.29 is 30.6 Å². The van der Waals surface area contributed by atoms with Crippen LogP contribution in [0, 0.1) is 39.9 Å². The molecule has 1 aliphatic heterocycles. The van der Waals surface area contributed by atoms with Gasteiger partial charge in [0.25, 0.3) is 0 Å². The number of fused-ring (bicyclic) bond motifs is 3. The van der Waals surface area contributed by atoms with Crippen molar-refractivity contribution in [3.63, 3.8) is 0 Å². The number of phenolic OH excluding ortho intramolecular Hbond substituents is 5. The molecule has 2 bridgehead atoms. The fraction of sp³-hybridized carbons (Fsp3) is 0.400.